The summed E-state index contributed by atoms with van der Waals surface area (Å²) < 4.78 is 9.82. The molecule has 3 heterocycles. The summed E-state index contributed by atoms with van der Waals surface area (Å²) in [5.74, 6) is 0.725. The van der Waals surface area contributed by atoms with E-state index in [2.05, 4.69) is 11.9 Å². The number of amides is 1. The lowest BCUT2D eigenvalue weighted by Crippen LogP contribution is -2.35. The van der Waals surface area contributed by atoms with Crippen molar-refractivity contribution in [2.75, 3.05) is 13.7 Å². The number of carbonyl (C=O) groups is 1. The number of aryl methyl sites for hydroxylation is 2. The van der Waals surface area contributed by atoms with Gasteiger partial charge in [0.05, 0.1) is 17.5 Å². The summed E-state index contributed by atoms with van der Waals surface area (Å²) in [4.78, 5) is 19.1. The predicted molar refractivity (Wildman–Crippen MR) is 91.6 cm³/mol. The summed E-state index contributed by atoms with van der Waals surface area (Å²) in [5, 5.41) is 0.681. The maximum atomic E-state index is 12.9. The summed E-state index contributed by atoms with van der Waals surface area (Å²) >= 11 is 6.02. The number of carbonyl (C=O) groups excluding carboxylic acids is 1. The third-order valence-corrected chi connectivity index (χ3v) is 4.81. The molecule has 130 valence electrons. The average Bonchev–Trinajstić information content (AvgIpc) is 3.26. The van der Waals surface area contributed by atoms with Gasteiger partial charge in [-0.25, -0.2) is 4.98 Å². The lowest BCUT2D eigenvalue weighted by atomic mass is 9.99. The topological polar surface area (TPSA) is 52.3 Å². The molecular weight excluding hydrogens is 328 g/mol. The highest BCUT2D eigenvalue weighted by atomic mass is 35.5. The number of aromatic nitrogens is 3. The zero-order chi connectivity index (χ0) is 17.3. The molecular formula is C17H23ClN4O2. The number of hydrogen-bond acceptors (Lipinski definition) is 3. The van der Waals surface area contributed by atoms with Gasteiger partial charge in [0.2, 0.25) is 5.91 Å². The molecule has 1 saturated heterocycles. The molecule has 3 rings (SSSR count). The van der Waals surface area contributed by atoms with Gasteiger partial charge in [-0.15, -0.1) is 0 Å². The van der Waals surface area contributed by atoms with Crippen LogP contribution in [0, 0.1) is 5.92 Å². The van der Waals surface area contributed by atoms with Gasteiger partial charge in [-0.2, -0.15) is 0 Å². The number of hydrogen-bond donors (Lipinski definition) is 0. The van der Waals surface area contributed by atoms with Gasteiger partial charge in [0, 0.05) is 51.5 Å². The smallest absolute Gasteiger partial charge is 0.228 e. The molecule has 0 N–H and O–H groups in total. The molecule has 0 bridgehead atoms. The van der Waals surface area contributed by atoms with Crippen LogP contribution >= 0.6 is 11.6 Å². The van der Waals surface area contributed by atoms with Crippen molar-refractivity contribution in [1.29, 1.82) is 0 Å². The molecule has 2 aromatic heterocycles. The molecule has 0 spiro atoms. The fourth-order valence-corrected chi connectivity index (χ4v) is 3.54. The zero-order valence-corrected chi connectivity index (χ0v) is 15.0. The van der Waals surface area contributed by atoms with E-state index in [1.54, 1.807) is 11.1 Å². The first-order valence-corrected chi connectivity index (χ1v) is 8.57. The maximum absolute atomic E-state index is 12.9. The molecule has 1 amide bonds. The minimum Gasteiger partial charge on any atom is -0.369 e. The fourth-order valence-electron chi connectivity index (χ4n) is 3.27. The lowest BCUT2D eigenvalue weighted by Gasteiger charge is -2.24. The van der Waals surface area contributed by atoms with E-state index in [4.69, 9.17) is 16.3 Å². The molecule has 1 fully saturated rings. The molecule has 6 nitrogen and oxygen atoms in total. The van der Waals surface area contributed by atoms with E-state index in [1.165, 1.54) is 0 Å². The van der Waals surface area contributed by atoms with Gasteiger partial charge in [-0.05, 0) is 19.4 Å². The molecule has 0 saturated carbocycles. The van der Waals surface area contributed by atoms with Crippen LogP contribution in [0.5, 0.6) is 0 Å². The third-order valence-electron chi connectivity index (χ3n) is 4.60. The van der Waals surface area contributed by atoms with Crippen LogP contribution in [0.2, 0.25) is 5.02 Å². The van der Waals surface area contributed by atoms with Gasteiger partial charge in [-0.1, -0.05) is 11.6 Å². The number of rotatable bonds is 5. The Morgan fingerprint density at radius 2 is 2.33 bits per heavy atom. The highest BCUT2D eigenvalue weighted by Gasteiger charge is 2.39. The first kappa shape index (κ1) is 17.0. The molecule has 24 heavy (non-hydrogen) atoms. The Morgan fingerprint density at radius 1 is 1.54 bits per heavy atom. The molecule has 0 aromatic carbocycles. The van der Waals surface area contributed by atoms with Crippen LogP contribution in [-0.2, 0) is 29.7 Å². The summed E-state index contributed by atoms with van der Waals surface area (Å²) in [6, 6.07) is 1.89. The van der Waals surface area contributed by atoms with Crippen LogP contribution in [0.4, 0.5) is 0 Å². The molecule has 1 aliphatic rings. The first-order chi connectivity index (χ1) is 11.5. The molecule has 7 heteroatoms. The van der Waals surface area contributed by atoms with Crippen LogP contribution < -0.4 is 0 Å². The lowest BCUT2D eigenvalue weighted by molar-refractivity contribution is -0.136. The quantitative estimate of drug-likeness (QED) is 0.833. The second-order valence-electron chi connectivity index (χ2n) is 6.21. The molecule has 2 aromatic rings. The summed E-state index contributed by atoms with van der Waals surface area (Å²) in [6.45, 7) is 3.98. The molecule has 0 radical (unpaired) electrons. The Hall–Kier alpha value is -1.79. The van der Waals surface area contributed by atoms with E-state index < -0.39 is 0 Å². The Kier molecular flexibility index (Phi) is 4.96. The highest BCUT2D eigenvalue weighted by Crippen LogP contribution is 2.35. The number of nitrogens with zero attached hydrogens (tertiary/aromatic N) is 4. The zero-order valence-electron chi connectivity index (χ0n) is 14.3. The van der Waals surface area contributed by atoms with Crippen molar-refractivity contribution in [2.45, 2.75) is 32.5 Å². The van der Waals surface area contributed by atoms with Gasteiger partial charge in [0.25, 0.3) is 0 Å². The molecule has 1 aliphatic heterocycles. The summed E-state index contributed by atoms with van der Waals surface area (Å²) in [7, 11) is 3.75. The molecule has 2 atom stereocenters. The van der Waals surface area contributed by atoms with Crippen molar-refractivity contribution in [3.05, 3.63) is 41.2 Å². The van der Waals surface area contributed by atoms with E-state index in [0.29, 0.717) is 18.2 Å². The SMILES string of the molecule is CCn1ccnc1[C@@H]1OCC[C@H]1C(=O)N(C)Cc1cc(Cl)cn1C. The van der Waals surface area contributed by atoms with Gasteiger partial charge in [0.15, 0.2) is 0 Å². The van der Waals surface area contributed by atoms with Crippen LogP contribution in [0.15, 0.2) is 24.7 Å². The Labute approximate surface area is 147 Å². The van der Waals surface area contributed by atoms with Crippen LogP contribution in [0.1, 0.15) is 31.0 Å². The Balaban J connectivity index is 1.74. The van der Waals surface area contributed by atoms with Crippen molar-refractivity contribution in [1.82, 2.24) is 19.0 Å². The van der Waals surface area contributed by atoms with Crippen molar-refractivity contribution in [3.63, 3.8) is 0 Å². The first-order valence-electron chi connectivity index (χ1n) is 8.19. The van der Waals surface area contributed by atoms with E-state index in [0.717, 1.165) is 24.5 Å². The fraction of sp³-hybridized carbons (Fsp3) is 0.529. The molecule has 0 aliphatic carbocycles. The van der Waals surface area contributed by atoms with Crippen LogP contribution in [0.25, 0.3) is 0 Å². The van der Waals surface area contributed by atoms with E-state index in [1.807, 2.05) is 41.7 Å². The Bertz CT molecular complexity index is 724. The van der Waals surface area contributed by atoms with Crippen molar-refractivity contribution in [3.8, 4) is 0 Å². The maximum Gasteiger partial charge on any atom is 0.228 e. The minimum atomic E-state index is -0.271. The highest BCUT2D eigenvalue weighted by molar-refractivity contribution is 6.30. The van der Waals surface area contributed by atoms with Gasteiger partial charge in [0.1, 0.15) is 11.9 Å². The van der Waals surface area contributed by atoms with Crippen molar-refractivity contribution >= 4 is 17.5 Å². The van der Waals surface area contributed by atoms with Gasteiger partial charge >= 0.3 is 0 Å². The minimum absolute atomic E-state index is 0.0838. The van der Waals surface area contributed by atoms with Crippen LogP contribution in [0.3, 0.4) is 0 Å². The van der Waals surface area contributed by atoms with Crippen molar-refractivity contribution < 1.29 is 9.53 Å². The van der Waals surface area contributed by atoms with Crippen molar-refractivity contribution in [2.24, 2.45) is 13.0 Å². The summed E-state index contributed by atoms with van der Waals surface area (Å²) in [6.07, 6.45) is 5.98. The second kappa shape index (κ2) is 6.99. The second-order valence-corrected chi connectivity index (χ2v) is 6.65. The summed E-state index contributed by atoms with van der Waals surface area (Å²) in [5.41, 5.74) is 1.00. The number of imidazole rings is 1. The standard InChI is InChI=1S/C17H23ClN4O2/c1-4-22-7-6-19-16(22)15-14(5-8-24-15)17(23)21(3)11-13-9-12(18)10-20(13)2/h6-7,9-10,14-15H,4-5,8,11H2,1-3H3/t14-,15-/m1/s1. The third kappa shape index (κ3) is 3.21. The monoisotopic (exact) mass is 350 g/mol. The normalized spacial score (nSPS) is 20.5. The van der Waals surface area contributed by atoms with E-state index in [-0.39, 0.29) is 17.9 Å². The average molecular weight is 351 g/mol. The van der Waals surface area contributed by atoms with Crippen LogP contribution in [-0.4, -0.2) is 38.6 Å². The number of halogens is 1. The molecule has 0 unspecified atom stereocenters. The van der Waals surface area contributed by atoms with E-state index >= 15 is 0 Å². The largest absolute Gasteiger partial charge is 0.369 e. The predicted octanol–water partition coefficient (Wildman–Crippen LogP) is 2.63. The van der Waals surface area contributed by atoms with Gasteiger partial charge < -0.3 is 18.8 Å². The number of ether oxygens (including phenoxy) is 1. The van der Waals surface area contributed by atoms with Gasteiger partial charge in [-0.3, -0.25) is 4.79 Å². The Morgan fingerprint density at radius 3 is 3.00 bits per heavy atom. The van der Waals surface area contributed by atoms with E-state index in [9.17, 15) is 4.79 Å².